The Morgan fingerprint density at radius 2 is 1.89 bits per heavy atom. The molecule has 1 aromatic rings. The summed E-state index contributed by atoms with van der Waals surface area (Å²) >= 11 is 0. The summed E-state index contributed by atoms with van der Waals surface area (Å²) in [5.74, 6) is -0.186. The highest BCUT2D eigenvalue weighted by molar-refractivity contribution is 5.92. The third-order valence-corrected chi connectivity index (χ3v) is 3.16. The molecule has 1 heterocycles. The second-order valence-electron chi connectivity index (χ2n) is 4.57. The van der Waals surface area contributed by atoms with Crippen LogP contribution in [0.2, 0.25) is 0 Å². The summed E-state index contributed by atoms with van der Waals surface area (Å²) in [5.41, 5.74) is 2.09. The molecule has 2 atom stereocenters. The van der Waals surface area contributed by atoms with Gasteiger partial charge >= 0.3 is 0 Å². The van der Waals surface area contributed by atoms with Crippen molar-refractivity contribution in [2.75, 3.05) is 13.1 Å². The van der Waals surface area contributed by atoms with Crippen LogP contribution in [0, 0.1) is 6.92 Å². The average Bonchev–Trinajstić information content (AvgIpc) is 2.68. The van der Waals surface area contributed by atoms with Crippen LogP contribution in [0.3, 0.4) is 0 Å². The van der Waals surface area contributed by atoms with Gasteiger partial charge in [-0.3, -0.25) is 4.79 Å². The fourth-order valence-electron chi connectivity index (χ4n) is 1.99. The Morgan fingerprint density at radius 1 is 1.28 bits per heavy atom. The number of amides is 1. The molecular formula is C14H17NO3. The molecule has 0 unspecified atom stereocenters. The van der Waals surface area contributed by atoms with Crippen molar-refractivity contribution in [1.29, 1.82) is 0 Å². The first-order valence-corrected chi connectivity index (χ1v) is 5.96. The normalized spacial score (nSPS) is 23.8. The monoisotopic (exact) mass is 247 g/mol. The summed E-state index contributed by atoms with van der Waals surface area (Å²) in [4.78, 5) is 13.3. The number of β-amino-alcohol motifs (C(OH)–C–C–N with tert-alkyl or cyclic N) is 2. The minimum absolute atomic E-state index is 0.186. The van der Waals surface area contributed by atoms with E-state index in [1.165, 1.54) is 11.0 Å². The van der Waals surface area contributed by atoms with Gasteiger partial charge in [-0.1, -0.05) is 24.3 Å². The minimum Gasteiger partial charge on any atom is -0.388 e. The molecule has 1 saturated heterocycles. The summed E-state index contributed by atoms with van der Waals surface area (Å²) in [6.45, 7) is 2.36. The first-order valence-electron chi connectivity index (χ1n) is 5.96. The number of benzene rings is 1. The van der Waals surface area contributed by atoms with E-state index < -0.39 is 12.2 Å². The molecule has 1 aromatic carbocycles. The van der Waals surface area contributed by atoms with Gasteiger partial charge in [0.1, 0.15) is 0 Å². The molecule has 2 rings (SSSR count). The van der Waals surface area contributed by atoms with Crippen molar-refractivity contribution in [2.45, 2.75) is 19.1 Å². The van der Waals surface area contributed by atoms with Gasteiger partial charge in [-0.25, -0.2) is 0 Å². The Labute approximate surface area is 106 Å². The number of carbonyl (C=O) groups excluding carboxylic acids is 1. The van der Waals surface area contributed by atoms with E-state index in [0.717, 1.165) is 11.1 Å². The maximum atomic E-state index is 11.8. The lowest BCUT2D eigenvalue weighted by atomic mass is 10.1. The molecular weight excluding hydrogens is 230 g/mol. The summed E-state index contributed by atoms with van der Waals surface area (Å²) < 4.78 is 0. The number of aliphatic hydroxyl groups is 2. The van der Waals surface area contributed by atoms with Crippen molar-refractivity contribution in [1.82, 2.24) is 4.90 Å². The zero-order valence-electron chi connectivity index (χ0n) is 10.3. The smallest absolute Gasteiger partial charge is 0.246 e. The van der Waals surface area contributed by atoms with E-state index in [1.807, 2.05) is 31.2 Å². The molecule has 18 heavy (non-hydrogen) atoms. The molecule has 4 nitrogen and oxygen atoms in total. The van der Waals surface area contributed by atoms with Crippen LogP contribution < -0.4 is 0 Å². The van der Waals surface area contributed by atoms with Gasteiger partial charge in [0.25, 0.3) is 0 Å². The maximum Gasteiger partial charge on any atom is 0.246 e. The van der Waals surface area contributed by atoms with Crippen molar-refractivity contribution in [3.63, 3.8) is 0 Å². The quantitative estimate of drug-likeness (QED) is 0.751. The minimum atomic E-state index is -0.833. The van der Waals surface area contributed by atoms with Gasteiger partial charge in [0.2, 0.25) is 5.91 Å². The molecule has 1 aliphatic rings. The largest absolute Gasteiger partial charge is 0.388 e. The Kier molecular flexibility index (Phi) is 3.79. The second-order valence-corrected chi connectivity index (χ2v) is 4.57. The predicted octanol–water partition coefficient (Wildman–Crippen LogP) is 0.572. The van der Waals surface area contributed by atoms with Gasteiger partial charge in [-0.05, 0) is 24.1 Å². The van der Waals surface area contributed by atoms with Crippen LogP contribution in [0.5, 0.6) is 0 Å². The van der Waals surface area contributed by atoms with Gasteiger partial charge < -0.3 is 15.1 Å². The molecule has 0 aliphatic carbocycles. The Bertz CT molecular complexity index is 460. The zero-order valence-corrected chi connectivity index (χ0v) is 10.3. The molecule has 4 heteroatoms. The van der Waals surface area contributed by atoms with Crippen molar-refractivity contribution in [3.8, 4) is 0 Å². The fraction of sp³-hybridized carbons (Fsp3) is 0.357. The third kappa shape index (κ3) is 2.78. The number of carbonyl (C=O) groups is 1. The van der Waals surface area contributed by atoms with Gasteiger partial charge in [0, 0.05) is 19.2 Å². The lowest BCUT2D eigenvalue weighted by Gasteiger charge is -2.12. The second kappa shape index (κ2) is 5.33. The van der Waals surface area contributed by atoms with E-state index in [-0.39, 0.29) is 19.0 Å². The Balaban J connectivity index is 2.02. The van der Waals surface area contributed by atoms with Crippen molar-refractivity contribution in [2.24, 2.45) is 0 Å². The van der Waals surface area contributed by atoms with Crippen molar-refractivity contribution >= 4 is 12.0 Å². The first kappa shape index (κ1) is 12.8. The molecule has 1 amide bonds. The predicted molar refractivity (Wildman–Crippen MR) is 68.8 cm³/mol. The van der Waals surface area contributed by atoms with Crippen LogP contribution in [0.25, 0.3) is 6.08 Å². The van der Waals surface area contributed by atoms with E-state index >= 15 is 0 Å². The van der Waals surface area contributed by atoms with E-state index in [1.54, 1.807) is 6.08 Å². The van der Waals surface area contributed by atoms with Gasteiger partial charge in [0.05, 0.1) is 12.2 Å². The van der Waals surface area contributed by atoms with E-state index in [4.69, 9.17) is 0 Å². The first-order chi connectivity index (χ1) is 8.58. The molecule has 1 aliphatic heterocycles. The van der Waals surface area contributed by atoms with Crippen LogP contribution >= 0.6 is 0 Å². The number of rotatable bonds is 2. The highest BCUT2D eigenvalue weighted by atomic mass is 16.3. The summed E-state index contributed by atoms with van der Waals surface area (Å²) in [7, 11) is 0. The van der Waals surface area contributed by atoms with E-state index in [2.05, 4.69) is 0 Å². The Morgan fingerprint density at radius 3 is 2.50 bits per heavy atom. The van der Waals surface area contributed by atoms with Crippen LogP contribution in [0.15, 0.2) is 30.3 Å². The van der Waals surface area contributed by atoms with Crippen LogP contribution in [0.4, 0.5) is 0 Å². The number of hydrogen-bond donors (Lipinski definition) is 2. The number of aliphatic hydroxyl groups excluding tert-OH is 2. The molecule has 0 saturated carbocycles. The average molecular weight is 247 g/mol. The molecule has 0 radical (unpaired) electrons. The van der Waals surface area contributed by atoms with Crippen LogP contribution in [-0.2, 0) is 4.79 Å². The van der Waals surface area contributed by atoms with Crippen molar-refractivity contribution < 1.29 is 15.0 Å². The van der Waals surface area contributed by atoms with Gasteiger partial charge in [0.15, 0.2) is 0 Å². The zero-order chi connectivity index (χ0) is 13.1. The molecule has 96 valence electrons. The molecule has 0 spiro atoms. The number of aryl methyl sites for hydroxylation is 1. The highest BCUT2D eigenvalue weighted by Crippen LogP contribution is 2.12. The van der Waals surface area contributed by atoms with E-state index in [9.17, 15) is 15.0 Å². The van der Waals surface area contributed by atoms with Crippen molar-refractivity contribution in [3.05, 3.63) is 41.5 Å². The van der Waals surface area contributed by atoms with Gasteiger partial charge in [-0.2, -0.15) is 0 Å². The maximum absolute atomic E-state index is 11.8. The topological polar surface area (TPSA) is 60.8 Å². The third-order valence-electron chi connectivity index (χ3n) is 3.16. The van der Waals surface area contributed by atoms with E-state index in [0.29, 0.717) is 0 Å². The highest BCUT2D eigenvalue weighted by Gasteiger charge is 2.31. The molecule has 1 fully saturated rings. The van der Waals surface area contributed by atoms with Crippen LogP contribution in [-0.4, -0.2) is 46.3 Å². The SMILES string of the molecule is Cc1ccccc1C=CC(=O)N1C[C@@H](O)[C@@H](O)C1. The summed E-state index contributed by atoms with van der Waals surface area (Å²) in [6, 6.07) is 7.78. The lowest BCUT2D eigenvalue weighted by molar-refractivity contribution is -0.125. The van der Waals surface area contributed by atoms with Crippen LogP contribution in [0.1, 0.15) is 11.1 Å². The number of likely N-dealkylation sites (tertiary alicyclic amines) is 1. The molecule has 2 N–H and O–H groups in total. The lowest BCUT2D eigenvalue weighted by Crippen LogP contribution is -2.27. The molecule has 0 aromatic heterocycles. The standard InChI is InChI=1S/C14H17NO3/c1-10-4-2-3-5-11(10)6-7-14(18)15-8-12(16)13(17)9-15/h2-7,12-13,16-17H,8-9H2,1H3/t12-,13+. The van der Waals surface area contributed by atoms with Gasteiger partial charge in [-0.15, -0.1) is 0 Å². The summed E-state index contributed by atoms with van der Waals surface area (Å²) in [6.07, 6.45) is 1.57. The number of nitrogens with zero attached hydrogens (tertiary/aromatic N) is 1. The number of hydrogen-bond acceptors (Lipinski definition) is 3. The fourth-order valence-corrected chi connectivity index (χ4v) is 1.99. The Hall–Kier alpha value is -1.65. The summed E-state index contributed by atoms with van der Waals surface area (Å²) in [5, 5.41) is 18.8. The molecule has 0 bridgehead atoms.